The Morgan fingerprint density at radius 3 is 2.68 bits per heavy atom. The lowest BCUT2D eigenvalue weighted by Gasteiger charge is -2.17. The van der Waals surface area contributed by atoms with Crippen LogP contribution in [0.15, 0.2) is 47.1 Å². The van der Waals surface area contributed by atoms with Crippen LogP contribution in [0.2, 0.25) is 5.02 Å². The van der Waals surface area contributed by atoms with E-state index < -0.39 is 5.82 Å². The lowest BCUT2D eigenvalue weighted by molar-refractivity contribution is -0.113. The Hall–Kier alpha value is -2.51. The molecule has 3 rings (SSSR count). The molecule has 1 aliphatic rings. The van der Waals surface area contributed by atoms with E-state index in [1.807, 2.05) is 6.92 Å². The third kappa shape index (κ3) is 3.86. The van der Waals surface area contributed by atoms with Crippen LogP contribution in [0.1, 0.15) is 12.5 Å². The second-order valence-corrected chi connectivity index (χ2v) is 7.32. The highest BCUT2D eigenvalue weighted by Gasteiger charge is 2.32. The van der Waals surface area contributed by atoms with Gasteiger partial charge >= 0.3 is 0 Å². The molecule has 1 heterocycles. The smallest absolute Gasteiger partial charge is 0.283 e. The molecule has 0 fully saturated rings. The van der Waals surface area contributed by atoms with E-state index in [4.69, 9.17) is 21.1 Å². The van der Waals surface area contributed by atoms with E-state index in [0.717, 1.165) is 0 Å². The van der Waals surface area contributed by atoms with E-state index in [1.54, 1.807) is 31.4 Å². The number of methoxy groups -OCH3 is 2. The van der Waals surface area contributed by atoms with Gasteiger partial charge in [-0.3, -0.25) is 9.69 Å². The van der Waals surface area contributed by atoms with Crippen LogP contribution in [0, 0.1) is 5.82 Å². The molecule has 1 amide bonds. The normalized spacial score (nSPS) is 15.2. The first kappa shape index (κ1) is 20.2. The van der Waals surface area contributed by atoms with Crippen LogP contribution < -0.4 is 14.4 Å². The minimum absolute atomic E-state index is 0.0574. The molecule has 28 heavy (non-hydrogen) atoms. The second-order valence-electron chi connectivity index (χ2n) is 5.68. The summed E-state index contributed by atoms with van der Waals surface area (Å²) in [4.78, 5) is 19.0. The van der Waals surface area contributed by atoms with Gasteiger partial charge in [0.15, 0.2) is 16.7 Å². The molecule has 0 aromatic heterocycles. The van der Waals surface area contributed by atoms with Gasteiger partial charge in [-0.05, 0) is 36.1 Å². The van der Waals surface area contributed by atoms with Crippen molar-refractivity contribution in [3.63, 3.8) is 0 Å². The first-order valence-corrected chi connectivity index (χ1v) is 9.80. The molecule has 0 saturated carbocycles. The largest absolute Gasteiger partial charge is 0.493 e. The maximum absolute atomic E-state index is 13.5. The monoisotopic (exact) mass is 420 g/mol. The third-order valence-corrected chi connectivity index (χ3v) is 5.10. The summed E-state index contributed by atoms with van der Waals surface area (Å²) in [6, 6.07) is 9.52. The molecule has 0 atom stereocenters. The highest BCUT2D eigenvalue weighted by molar-refractivity contribution is 8.14. The number of amidine groups is 1. The minimum atomic E-state index is -0.546. The number of halogens is 2. The Kier molecular flexibility index (Phi) is 6.26. The summed E-state index contributed by atoms with van der Waals surface area (Å²) in [6.45, 7) is 1.96. The molecule has 2 aromatic rings. The second kappa shape index (κ2) is 8.67. The van der Waals surface area contributed by atoms with Gasteiger partial charge in [0.1, 0.15) is 11.5 Å². The fourth-order valence-electron chi connectivity index (χ4n) is 2.75. The van der Waals surface area contributed by atoms with Gasteiger partial charge < -0.3 is 9.47 Å². The van der Waals surface area contributed by atoms with Crippen LogP contribution in [0.4, 0.5) is 10.1 Å². The molecule has 0 bridgehead atoms. The molecule has 0 aliphatic carbocycles. The van der Waals surface area contributed by atoms with Crippen molar-refractivity contribution in [1.29, 1.82) is 0 Å². The average Bonchev–Trinajstić information content (AvgIpc) is 2.99. The Labute approximate surface area is 171 Å². The summed E-state index contributed by atoms with van der Waals surface area (Å²) in [5, 5.41) is 0.446. The van der Waals surface area contributed by atoms with Crippen molar-refractivity contribution in [2.24, 2.45) is 4.99 Å². The van der Waals surface area contributed by atoms with Crippen molar-refractivity contribution in [3.8, 4) is 11.5 Å². The SMILES string of the molecule is CCSC1=NC(=Cc2cccc(OC)c2OC)C(=O)N1c1ccc(F)c(Cl)c1. The van der Waals surface area contributed by atoms with E-state index in [9.17, 15) is 9.18 Å². The number of hydrogen-bond donors (Lipinski definition) is 0. The number of nitrogens with zero attached hydrogens (tertiary/aromatic N) is 2. The summed E-state index contributed by atoms with van der Waals surface area (Å²) in [5.41, 5.74) is 1.36. The minimum Gasteiger partial charge on any atom is -0.493 e. The molecule has 8 heteroatoms. The molecular weight excluding hydrogens is 403 g/mol. The number of thioether (sulfide) groups is 1. The molecule has 5 nitrogen and oxygen atoms in total. The van der Waals surface area contributed by atoms with Crippen molar-refractivity contribution < 1.29 is 18.7 Å². The molecule has 2 aromatic carbocycles. The quantitative estimate of drug-likeness (QED) is 0.639. The van der Waals surface area contributed by atoms with Crippen LogP contribution >= 0.6 is 23.4 Å². The third-order valence-electron chi connectivity index (χ3n) is 3.99. The number of ether oxygens (including phenoxy) is 2. The van der Waals surface area contributed by atoms with Crippen LogP contribution in [-0.4, -0.2) is 31.0 Å². The maximum Gasteiger partial charge on any atom is 0.283 e. The van der Waals surface area contributed by atoms with E-state index >= 15 is 0 Å². The average molecular weight is 421 g/mol. The van der Waals surface area contributed by atoms with Crippen molar-refractivity contribution in [2.75, 3.05) is 24.9 Å². The Balaban J connectivity index is 2.05. The zero-order chi connectivity index (χ0) is 20.3. The first-order chi connectivity index (χ1) is 13.5. The number of hydrogen-bond acceptors (Lipinski definition) is 5. The first-order valence-electron chi connectivity index (χ1n) is 8.43. The Bertz CT molecular complexity index is 978. The van der Waals surface area contributed by atoms with Gasteiger partial charge in [0, 0.05) is 5.56 Å². The number of amides is 1. The molecule has 0 N–H and O–H groups in total. The number of carbonyl (C=O) groups excluding carboxylic acids is 1. The molecule has 146 valence electrons. The number of para-hydroxylation sites is 1. The summed E-state index contributed by atoms with van der Waals surface area (Å²) in [5.74, 6) is 0.900. The molecule has 0 saturated heterocycles. The van der Waals surface area contributed by atoms with E-state index in [1.165, 1.54) is 42.0 Å². The van der Waals surface area contributed by atoms with Crippen molar-refractivity contribution >= 4 is 46.2 Å². The van der Waals surface area contributed by atoms with Crippen LogP contribution in [0.3, 0.4) is 0 Å². The van der Waals surface area contributed by atoms with Crippen molar-refractivity contribution in [2.45, 2.75) is 6.92 Å². The van der Waals surface area contributed by atoms with E-state index in [0.29, 0.717) is 33.7 Å². The summed E-state index contributed by atoms with van der Waals surface area (Å²) < 4.78 is 24.3. The summed E-state index contributed by atoms with van der Waals surface area (Å²) >= 11 is 7.31. The standard InChI is InChI=1S/C20H18ClFN2O3S/c1-4-28-20-23-16(10-12-6-5-7-17(26-2)18(12)27-3)19(25)24(20)13-8-9-15(22)14(21)11-13/h5-11H,4H2,1-3H3. The number of anilines is 1. The zero-order valence-electron chi connectivity index (χ0n) is 15.5. The number of benzene rings is 2. The molecule has 0 spiro atoms. The molecule has 1 aliphatic heterocycles. The number of aliphatic imine (C=N–C) groups is 1. The molecular formula is C20H18ClFN2O3S. The van der Waals surface area contributed by atoms with E-state index in [2.05, 4.69) is 4.99 Å². The van der Waals surface area contributed by atoms with Crippen molar-refractivity contribution in [3.05, 3.63) is 58.5 Å². The van der Waals surface area contributed by atoms with E-state index in [-0.39, 0.29) is 16.6 Å². The maximum atomic E-state index is 13.5. The van der Waals surface area contributed by atoms with Gasteiger partial charge in [-0.25, -0.2) is 9.38 Å². The van der Waals surface area contributed by atoms with Gasteiger partial charge in [0.25, 0.3) is 5.91 Å². The predicted molar refractivity (Wildman–Crippen MR) is 112 cm³/mol. The zero-order valence-corrected chi connectivity index (χ0v) is 17.1. The van der Waals surface area contributed by atoms with Gasteiger partial charge in [-0.2, -0.15) is 0 Å². The van der Waals surface area contributed by atoms with Crippen LogP contribution in [-0.2, 0) is 4.79 Å². The van der Waals surface area contributed by atoms with Crippen LogP contribution in [0.25, 0.3) is 6.08 Å². The molecule has 0 unspecified atom stereocenters. The lowest BCUT2D eigenvalue weighted by Crippen LogP contribution is -2.30. The number of rotatable bonds is 5. The summed E-state index contributed by atoms with van der Waals surface area (Å²) in [6.07, 6.45) is 1.64. The summed E-state index contributed by atoms with van der Waals surface area (Å²) in [7, 11) is 3.08. The van der Waals surface area contributed by atoms with Gasteiger partial charge in [-0.15, -0.1) is 0 Å². The van der Waals surface area contributed by atoms with Gasteiger partial charge in [-0.1, -0.05) is 42.4 Å². The van der Waals surface area contributed by atoms with Gasteiger partial charge in [0.2, 0.25) is 0 Å². The molecule has 0 radical (unpaired) electrons. The topological polar surface area (TPSA) is 51.1 Å². The fraction of sp³-hybridized carbons (Fsp3) is 0.200. The Morgan fingerprint density at radius 1 is 1.25 bits per heavy atom. The highest BCUT2D eigenvalue weighted by Crippen LogP contribution is 2.35. The van der Waals surface area contributed by atoms with Crippen LogP contribution in [0.5, 0.6) is 11.5 Å². The van der Waals surface area contributed by atoms with Gasteiger partial charge in [0.05, 0.1) is 24.9 Å². The number of carbonyl (C=O) groups is 1. The lowest BCUT2D eigenvalue weighted by atomic mass is 10.1. The Morgan fingerprint density at radius 2 is 2.04 bits per heavy atom. The van der Waals surface area contributed by atoms with Crippen molar-refractivity contribution in [1.82, 2.24) is 0 Å². The highest BCUT2D eigenvalue weighted by atomic mass is 35.5. The fourth-order valence-corrected chi connectivity index (χ4v) is 3.66. The predicted octanol–water partition coefficient (Wildman–Crippen LogP) is 4.99.